The summed E-state index contributed by atoms with van der Waals surface area (Å²) in [4.78, 5) is 21.4. The maximum Gasteiger partial charge on any atom is 0.270 e. The van der Waals surface area contributed by atoms with Crippen molar-refractivity contribution < 1.29 is 14.8 Å². The molecular formula is C16H12N3O4-. The van der Waals surface area contributed by atoms with Crippen molar-refractivity contribution in [2.75, 3.05) is 5.32 Å². The Labute approximate surface area is 131 Å². The van der Waals surface area contributed by atoms with E-state index in [-0.39, 0.29) is 23.4 Å². The summed E-state index contributed by atoms with van der Waals surface area (Å²) in [5.41, 5.74) is 0.761. The minimum absolute atomic E-state index is 0.00138. The molecule has 2 rings (SSSR count). The Morgan fingerprint density at radius 1 is 1.26 bits per heavy atom. The van der Waals surface area contributed by atoms with Gasteiger partial charge in [0.15, 0.2) is 0 Å². The molecule has 0 heterocycles. The van der Waals surface area contributed by atoms with E-state index in [9.17, 15) is 20.0 Å². The molecule has 0 radical (unpaired) electrons. The van der Waals surface area contributed by atoms with E-state index < -0.39 is 16.9 Å². The molecule has 0 amide bonds. The number of non-ortho nitro benzene ring substituents is 1. The predicted molar refractivity (Wildman–Crippen MR) is 80.4 cm³/mol. The fourth-order valence-electron chi connectivity index (χ4n) is 2.09. The number of nitriles is 1. The zero-order valence-electron chi connectivity index (χ0n) is 11.9. The van der Waals surface area contributed by atoms with E-state index in [0.717, 1.165) is 11.6 Å². The smallest absolute Gasteiger partial charge is 0.270 e. The van der Waals surface area contributed by atoms with Crippen LogP contribution in [-0.2, 0) is 11.2 Å². The Hall–Kier alpha value is -3.40. The van der Waals surface area contributed by atoms with E-state index in [1.807, 2.05) is 12.1 Å². The molecule has 0 saturated carbocycles. The van der Waals surface area contributed by atoms with Crippen LogP contribution in [0.25, 0.3) is 0 Å². The van der Waals surface area contributed by atoms with Crippen LogP contribution in [0.3, 0.4) is 0 Å². The number of benzene rings is 2. The van der Waals surface area contributed by atoms with Crippen LogP contribution in [0.2, 0.25) is 0 Å². The van der Waals surface area contributed by atoms with Crippen LogP contribution in [0.4, 0.5) is 11.4 Å². The summed E-state index contributed by atoms with van der Waals surface area (Å²) in [5.74, 6) is -1.32. The summed E-state index contributed by atoms with van der Waals surface area (Å²) in [5, 5.41) is 33.8. The summed E-state index contributed by atoms with van der Waals surface area (Å²) >= 11 is 0. The summed E-state index contributed by atoms with van der Waals surface area (Å²) in [6.07, 6.45) is 0.158. The molecule has 0 unspecified atom stereocenters. The minimum atomic E-state index is -1.32. The SMILES string of the molecule is N#Cc1cc([N+](=O)[O-])ccc1N[C@@H](Cc1ccccc1)C(=O)[O-]. The Bertz CT molecular complexity index is 769. The highest BCUT2D eigenvalue weighted by molar-refractivity contribution is 5.77. The fourth-order valence-corrected chi connectivity index (χ4v) is 2.09. The lowest BCUT2D eigenvalue weighted by atomic mass is 10.0. The van der Waals surface area contributed by atoms with Gasteiger partial charge >= 0.3 is 0 Å². The normalized spacial score (nSPS) is 11.3. The Morgan fingerprint density at radius 2 is 1.96 bits per heavy atom. The van der Waals surface area contributed by atoms with Crippen molar-refractivity contribution in [2.24, 2.45) is 0 Å². The summed E-state index contributed by atoms with van der Waals surface area (Å²) < 4.78 is 0. The first kappa shape index (κ1) is 16.0. The number of carboxylic acid groups (broad SMARTS) is 1. The van der Waals surface area contributed by atoms with E-state index in [4.69, 9.17) is 5.26 Å². The van der Waals surface area contributed by atoms with Gasteiger partial charge in [0.2, 0.25) is 0 Å². The number of nitro groups is 1. The van der Waals surface area contributed by atoms with Gasteiger partial charge in [-0.25, -0.2) is 0 Å². The topological polar surface area (TPSA) is 119 Å². The molecule has 0 bridgehead atoms. The third kappa shape index (κ3) is 4.04. The largest absolute Gasteiger partial charge is 0.548 e. The molecule has 0 aliphatic rings. The van der Waals surface area contributed by atoms with E-state index in [0.29, 0.717) is 0 Å². The molecule has 0 aliphatic carbocycles. The molecule has 0 spiro atoms. The van der Waals surface area contributed by atoms with Gasteiger partial charge in [-0.1, -0.05) is 30.3 Å². The standard InChI is InChI=1S/C16H13N3O4/c17-10-12-9-13(19(22)23)6-7-14(12)18-15(16(20)21)8-11-4-2-1-3-5-11/h1-7,9,15,18H,8H2,(H,20,21)/p-1/t15-/m0/s1. The number of anilines is 1. The number of hydrogen-bond acceptors (Lipinski definition) is 6. The molecule has 0 fully saturated rings. The Balaban J connectivity index is 2.25. The summed E-state index contributed by atoms with van der Waals surface area (Å²) in [6.45, 7) is 0. The van der Waals surface area contributed by atoms with Crippen molar-refractivity contribution in [2.45, 2.75) is 12.5 Å². The quantitative estimate of drug-likeness (QED) is 0.633. The Morgan fingerprint density at radius 3 is 2.52 bits per heavy atom. The first-order chi connectivity index (χ1) is 11.0. The molecule has 0 aromatic heterocycles. The number of hydrogen-bond donors (Lipinski definition) is 1. The molecule has 116 valence electrons. The van der Waals surface area contributed by atoms with Crippen LogP contribution in [0.1, 0.15) is 11.1 Å². The second-order valence-corrected chi connectivity index (χ2v) is 4.80. The van der Waals surface area contributed by atoms with Gasteiger partial charge in [-0.3, -0.25) is 10.1 Å². The molecule has 1 N–H and O–H groups in total. The van der Waals surface area contributed by atoms with Crippen molar-refractivity contribution in [3.63, 3.8) is 0 Å². The summed E-state index contributed by atoms with van der Waals surface area (Å²) in [7, 11) is 0. The van der Waals surface area contributed by atoms with Crippen LogP contribution in [0.5, 0.6) is 0 Å². The molecular weight excluding hydrogens is 298 g/mol. The van der Waals surface area contributed by atoms with E-state index in [1.54, 1.807) is 24.3 Å². The maximum atomic E-state index is 11.3. The van der Waals surface area contributed by atoms with Crippen LogP contribution in [0.15, 0.2) is 48.5 Å². The number of nitrogens with one attached hydrogen (secondary N) is 1. The van der Waals surface area contributed by atoms with Crippen LogP contribution >= 0.6 is 0 Å². The molecule has 1 atom stereocenters. The Kier molecular flexibility index (Phi) is 4.89. The van der Waals surface area contributed by atoms with E-state index in [1.165, 1.54) is 12.1 Å². The average molecular weight is 310 g/mol. The third-order valence-electron chi connectivity index (χ3n) is 3.23. The van der Waals surface area contributed by atoms with E-state index >= 15 is 0 Å². The van der Waals surface area contributed by atoms with Crippen molar-refractivity contribution in [3.8, 4) is 6.07 Å². The highest BCUT2D eigenvalue weighted by Gasteiger charge is 2.15. The van der Waals surface area contributed by atoms with Gasteiger partial charge in [-0.15, -0.1) is 0 Å². The first-order valence-corrected chi connectivity index (χ1v) is 6.71. The number of nitrogens with zero attached hydrogens (tertiary/aromatic N) is 2. The molecule has 2 aromatic rings. The zero-order valence-corrected chi connectivity index (χ0v) is 11.9. The minimum Gasteiger partial charge on any atom is -0.548 e. The first-order valence-electron chi connectivity index (χ1n) is 6.71. The van der Waals surface area contributed by atoms with Gasteiger partial charge in [0.25, 0.3) is 5.69 Å². The van der Waals surface area contributed by atoms with Crippen molar-refractivity contribution in [1.82, 2.24) is 0 Å². The molecule has 0 saturated heterocycles. The van der Waals surface area contributed by atoms with E-state index in [2.05, 4.69) is 5.32 Å². The molecule has 0 aliphatic heterocycles. The summed E-state index contributed by atoms with van der Waals surface area (Å²) in [6, 6.07) is 13.3. The maximum absolute atomic E-state index is 11.3. The number of nitro benzene ring substituents is 1. The average Bonchev–Trinajstić information content (AvgIpc) is 2.55. The van der Waals surface area contributed by atoms with Crippen LogP contribution < -0.4 is 10.4 Å². The third-order valence-corrected chi connectivity index (χ3v) is 3.23. The van der Waals surface area contributed by atoms with Gasteiger partial charge in [0.05, 0.1) is 28.2 Å². The second-order valence-electron chi connectivity index (χ2n) is 4.80. The molecule has 2 aromatic carbocycles. The van der Waals surface area contributed by atoms with Gasteiger partial charge in [-0.05, 0) is 18.1 Å². The zero-order chi connectivity index (χ0) is 16.8. The highest BCUT2D eigenvalue weighted by Crippen LogP contribution is 2.22. The lowest BCUT2D eigenvalue weighted by Gasteiger charge is -2.21. The van der Waals surface area contributed by atoms with Gasteiger partial charge in [-0.2, -0.15) is 5.26 Å². The molecule has 7 nitrogen and oxygen atoms in total. The highest BCUT2D eigenvalue weighted by atomic mass is 16.6. The van der Waals surface area contributed by atoms with Crippen molar-refractivity contribution in [3.05, 3.63) is 69.8 Å². The van der Waals surface area contributed by atoms with Crippen molar-refractivity contribution >= 4 is 17.3 Å². The number of aliphatic carboxylic acids is 1. The van der Waals surface area contributed by atoms with Gasteiger partial charge in [0, 0.05) is 12.1 Å². The second kappa shape index (κ2) is 7.04. The van der Waals surface area contributed by atoms with Gasteiger partial charge in [0.1, 0.15) is 6.07 Å². The lowest BCUT2D eigenvalue weighted by molar-refractivity contribution is -0.384. The van der Waals surface area contributed by atoms with Gasteiger partial charge < -0.3 is 15.2 Å². The number of carbonyl (C=O) groups excluding carboxylic acids is 1. The molecule has 23 heavy (non-hydrogen) atoms. The van der Waals surface area contributed by atoms with Crippen LogP contribution in [0, 0.1) is 21.4 Å². The van der Waals surface area contributed by atoms with Crippen molar-refractivity contribution in [1.29, 1.82) is 5.26 Å². The number of carboxylic acids is 1. The molecule has 7 heteroatoms. The number of rotatable bonds is 6. The predicted octanol–water partition coefficient (Wildman–Crippen LogP) is 1.24. The van der Waals surface area contributed by atoms with Crippen LogP contribution in [-0.4, -0.2) is 16.9 Å². The lowest BCUT2D eigenvalue weighted by Crippen LogP contribution is -2.42. The fraction of sp³-hybridized carbons (Fsp3) is 0.125. The number of carbonyl (C=O) groups is 1. The monoisotopic (exact) mass is 310 g/mol.